The number of carbonyl (C=O) groups is 1. The Labute approximate surface area is 142 Å². The molecule has 0 radical (unpaired) electrons. The maximum atomic E-state index is 12.3. The topological polar surface area (TPSA) is 32.3 Å². The number of hydrogen-bond donors (Lipinski definition) is 1. The summed E-state index contributed by atoms with van der Waals surface area (Å²) in [6.07, 6.45) is 3.92. The predicted octanol–water partition coefficient (Wildman–Crippen LogP) is 4.58. The van der Waals surface area contributed by atoms with Gasteiger partial charge in [-0.1, -0.05) is 42.3 Å². The van der Waals surface area contributed by atoms with Crippen LogP contribution in [0.1, 0.15) is 35.2 Å². The second-order valence-electron chi connectivity index (χ2n) is 5.97. The van der Waals surface area contributed by atoms with Gasteiger partial charge < -0.3 is 5.32 Å². The number of para-hydroxylation sites is 1. The highest BCUT2D eigenvalue weighted by atomic mass is 35.5. The van der Waals surface area contributed by atoms with E-state index in [9.17, 15) is 4.79 Å². The molecule has 4 heteroatoms. The van der Waals surface area contributed by atoms with E-state index >= 15 is 0 Å². The van der Waals surface area contributed by atoms with Gasteiger partial charge in [0.25, 0.3) is 5.91 Å². The van der Waals surface area contributed by atoms with Crippen LogP contribution in [0.2, 0.25) is 5.02 Å². The van der Waals surface area contributed by atoms with E-state index < -0.39 is 0 Å². The third-order valence-corrected chi connectivity index (χ3v) is 4.52. The van der Waals surface area contributed by atoms with Crippen LogP contribution in [0.25, 0.3) is 0 Å². The quantitative estimate of drug-likeness (QED) is 0.891. The highest BCUT2D eigenvalue weighted by Gasteiger charge is 2.11. The molecule has 0 spiro atoms. The van der Waals surface area contributed by atoms with Crippen molar-refractivity contribution >= 4 is 23.2 Å². The van der Waals surface area contributed by atoms with Gasteiger partial charge >= 0.3 is 0 Å². The summed E-state index contributed by atoms with van der Waals surface area (Å²) in [6.45, 7) is 3.32. The monoisotopic (exact) mass is 328 g/mol. The zero-order chi connectivity index (χ0) is 16.1. The lowest BCUT2D eigenvalue weighted by atomic mass is 10.1. The summed E-state index contributed by atoms with van der Waals surface area (Å²) in [6, 6.07) is 15.1. The van der Waals surface area contributed by atoms with Crippen LogP contribution < -0.4 is 5.32 Å². The fourth-order valence-corrected chi connectivity index (χ4v) is 3.08. The minimum Gasteiger partial charge on any atom is -0.321 e. The Bertz CT molecular complexity index is 663. The maximum absolute atomic E-state index is 12.3. The molecule has 1 aliphatic heterocycles. The van der Waals surface area contributed by atoms with Gasteiger partial charge in [0.05, 0.1) is 10.7 Å². The van der Waals surface area contributed by atoms with Crippen LogP contribution in [0, 0.1) is 0 Å². The molecule has 3 nitrogen and oxygen atoms in total. The fourth-order valence-electron chi connectivity index (χ4n) is 2.89. The first-order valence-electron chi connectivity index (χ1n) is 8.09. The van der Waals surface area contributed by atoms with Crippen LogP contribution in [0.5, 0.6) is 0 Å². The largest absolute Gasteiger partial charge is 0.321 e. The molecular weight excluding hydrogens is 308 g/mol. The molecule has 1 saturated heterocycles. The van der Waals surface area contributed by atoms with E-state index in [0.717, 1.165) is 6.54 Å². The molecule has 23 heavy (non-hydrogen) atoms. The molecule has 0 bridgehead atoms. The number of nitrogens with one attached hydrogen (secondary N) is 1. The van der Waals surface area contributed by atoms with Crippen LogP contribution in [-0.2, 0) is 6.54 Å². The van der Waals surface area contributed by atoms with Crippen LogP contribution in [0.4, 0.5) is 5.69 Å². The standard InChI is InChI=1S/C19H21ClN2O/c20-17-6-2-3-7-18(17)21-19(23)16-10-8-15(9-11-16)14-22-12-4-1-5-13-22/h2-3,6-11H,1,4-5,12-14H2,(H,21,23). The molecule has 0 aromatic heterocycles. The number of likely N-dealkylation sites (tertiary alicyclic amines) is 1. The molecule has 0 unspecified atom stereocenters. The highest BCUT2D eigenvalue weighted by Crippen LogP contribution is 2.21. The van der Waals surface area contributed by atoms with Crippen molar-refractivity contribution in [1.29, 1.82) is 0 Å². The SMILES string of the molecule is O=C(Nc1ccccc1Cl)c1ccc(CN2CCCCC2)cc1. The van der Waals surface area contributed by atoms with E-state index in [-0.39, 0.29) is 5.91 Å². The first-order valence-corrected chi connectivity index (χ1v) is 8.47. The molecule has 120 valence electrons. The van der Waals surface area contributed by atoms with Gasteiger partial charge in [0.1, 0.15) is 0 Å². The summed E-state index contributed by atoms with van der Waals surface area (Å²) in [7, 11) is 0. The Balaban J connectivity index is 1.62. The third-order valence-electron chi connectivity index (χ3n) is 4.19. The van der Waals surface area contributed by atoms with Crippen LogP contribution >= 0.6 is 11.6 Å². The van der Waals surface area contributed by atoms with Crippen LogP contribution in [0.15, 0.2) is 48.5 Å². The molecule has 0 atom stereocenters. The number of piperidine rings is 1. The number of carbonyl (C=O) groups excluding carboxylic acids is 1. The molecule has 0 aliphatic carbocycles. The van der Waals surface area contributed by atoms with Crippen molar-refractivity contribution in [1.82, 2.24) is 4.90 Å². The fraction of sp³-hybridized carbons (Fsp3) is 0.316. The lowest BCUT2D eigenvalue weighted by Gasteiger charge is -2.26. The summed E-state index contributed by atoms with van der Waals surface area (Å²) in [4.78, 5) is 14.8. The number of anilines is 1. The van der Waals surface area contributed by atoms with Crippen molar-refractivity contribution in [3.05, 3.63) is 64.7 Å². The number of benzene rings is 2. The van der Waals surface area contributed by atoms with E-state index in [0.29, 0.717) is 16.3 Å². The lowest BCUT2D eigenvalue weighted by molar-refractivity contribution is 0.102. The van der Waals surface area contributed by atoms with E-state index in [2.05, 4.69) is 10.2 Å². The molecule has 2 aromatic rings. The van der Waals surface area contributed by atoms with E-state index in [4.69, 9.17) is 11.6 Å². The molecule has 3 rings (SSSR count). The van der Waals surface area contributed by atoms with Crippen LogP contribution in [-0.4, -0.2) is 23.9 Å². The molecule has 0 saturated carbocycles. The molecule has 1 amide bonds. The highest BCUT2D eigenvalue weighted by molar-refractivity contribution is 6.33. The number of nitrogens with zero attached hydrogens (tertiary/aromatic N) is 1. The van der Waals surface area contributed by atoms with E-state index in [1.165, 1.54) is 37.9 Å². The minimum absolute atomic E-state index is 0.136. The van der Waals surface area contributed by atoms with Gasteiger partial charge in [-0.3, -0.25) is 9.69 Å². The van der Waals surface area contributed by atoms with Gasteiger partial charge in [-0.05, 0) is 55.8 Å². The second kappa shape index (κ2) is 7.62. The normalized spacial score (nSPS) is 15.3. The van der Waals surface area contributed by atoms with Gasteiger partial charge in [-0.2, -0.15) is 0 Å². The van der Waals surface area contributed by atoms with Crippen molar-refractivity contribution in [2.24, 2.45) is 0 Å². The zero-order valence-electron chi connectivity index (χ0n) is 13.1. The summed E-state index contributed by atoms with van der Waals surface area (Å²) >= 11 is 6.07. The van der Waals surface area contributed by atoms with Gasteiger partial charge in [0.15, 0.2) is 0 Å². The van der Waals surface area contributed by atoms with Crippen molar-refractivity contribution in [2.45, 2.75) is 25.8 Å². The number of halogens is 1. The molecule has 1 heterocycles. The molecule has 2 aromatic carbocycles. The van der Waals surface area contributed by atoms with Gasteiger partial charge in [-0.25, -0.2) is 0 Å². The van der Waals surface area contributed by atoms with E-state index in [1.54, 1.807) is 12.1 Å². The molecule has 1 N–H and O–H groups in total. The summed E-state index contributed by atoms with van der Waals surface area (Å²) in [5, 5.41) is 3.39. The van der Waals surface area contributed by atoms with Crippen molar-refractivity contribution in [3.8, 4) is 0 Å². The van der Waals surface area contributed by atoms with Gasteiger partial charge in [0, 0.05) is 12.1 Å². The smallest absolute Gasteiger partial charge is 0.255 e. The summed E-state index contributed by atoms with van der Waals surface area (Å²) in [5.74, 6) is -0.136. The lowest BCUT2D eigenvalue weighted by Crippen LogP contribution is -2.29. The Kier molecular flexibility index (Phi) is 5.31. The van der Waals surface area contributed by atoms with Crippen molar-refractivity contribution < 1.29 is 4.79 Å². The molecule has 1 fully saturated rings. The Hall–Kier alpha value is -1.84. The van der Waals surface area contributed by atoms with E-state index in [1.807, 2.05) is 36.4 Å². The summed E-state index contributed by atoms with van der Waals surface area (Å²) in [5.41, 5.74) is 2.53. The first-order chi connectivity index (χ1) is 11.2. The minimum atomic E-state index is -0.136. The Morgan fingerprint density at radius 1 is 1.00 bits per heavy atom. The Morgan fingerprint density at radius 3 is 2.39 bits per heavy atom. The Morgan fingerprint density at radius 2 is 1.70 bits per heavy atom. The summed E-state index contributed by atoms with van der Waals surface area (Å²) < 4.78 is 0. The number of amides is 1. The molecule has 1 aliphatic rings. The maximum Gasteiger partial charge on any atom is 0.255 e. The third kappa shape index (κ3) is 4.34. The number of hydrogen-bond acceptors (Lipinski definition) is 2. The average Bonchev–Trinajstić information content (AvgIpc) is 2.58. The van der Waals surface area contributed by atoms with Crippen molar-refractivity contribution in [3.63, 3.8) is 0 Å². The first kappa shape index (κ1) is 16.0. The van der Waals surface area contributed by atoms with Crippen molar-refractivity contribution in [2.75, 3.05) is 18.4 Å². The van der Waals surface area contributed by atoms with Crippen LogP contribution in [0.3, 0.4) is 0 Å². The van der Waals surface area contributed by atoms with Gasteiger partial charge in [0.2, 0.25) is 0 Å². The molecular formula is C19H21ClN2O. The number of rotatable bonds is 4. The van der Waals surface area contributed by atoms with Gasteiger partial charge in [-0.15, -0.1) is 0 Å². The second-order valence-corrected chi connectivity index (χ2v) is 6.37. The average molecular weight is 329 g/mol. The zero-order valence-corrected chi connectivity index (χ0v) is 13.9. The predicted molar refractivity (Wildman–Crippen MR) is 95.0 cm³/mol.